The molecule has 0 atom stereocenters. The number of rotatable bonds is 4. The summed E-state index contributed by atoms with van der Waals surface area (Å²) in [7, 11) is 0. The molecule has 33 heavy (non-hydrogen) atoms. The van der Waals surface area contributed by atoms with Crippen molar-refractivity contribution in [3.63, 3.8) is 0 Å². The van der Waals surface area contributed by atoms with E-state index in [0.717, 1.165) is 0 Å². The molecule has 3 rings (SSSR count). The van der Waals surface area contributed by atoms with Crippen LogP contribution < -0.4 is 20.7 Å². The van der Waals surface area contributed by atoms with E-state index < -0.39 is 17.4 Å². The van der Waals surface area contributed by atoms with Crippen molar-refractivity contribution < 1.29 is 23.9 Å². The molecule has 0 unspecified atom stereocenters. The van der Waals surface area contributed by atoms with Gasteiger partial charge in [0.1, 0.15) is 23.1 Å². The van der Waals surface area contributed by atoms with Crippen LogP contribution in [0.15, 0.2) is 30.5 Å². The summed E-state index contributed by atoms with van der Waals surface area (Å²) in [6.07, 6.45) is 1.53. The van der Waals surface area contributed by atoms with Gasteiger partial charge in [-0.1, -0.05) is 20.8 Å². The van der Waals surface area contributed by atoms with Crippen LogP contribution >= 0.6 is 0 Å². The van der Waals surface area contributed by atoms with Crippen molar-refractivity contribution >= 4 is 29.6 Å². The van der Waals surface area contributed by atoms with E-state index in [0.29, 0.717) is 49.3 Å². The predicted octanol–water partition coefficient (Wildman–Crippen LogP) is 3.14. The SMILES string of the molecule is Cc1nc(NC(=O)NC(=O)C(C)(C)C)ccc1Oc1ccnc(NC(=O)N2CCOCC2)c1. The maximum absolute atomic E-state index is 12.3. The van der Waals surface area contributed by atoms with Crippen LogP contribution in [-0.2, 0) is 9.53 Å². The predicted molar refractivity (Wildman–Crippen MR) is 121 cm³/mol. The van der Waals surface area contributed by atoms with Gasteiger partial charge in [0.05, 0.1) is 18.9 Å². The number of hydrogen-bond donors (Lipinski definition) is 3. The standard InChI is InChI=1S/C22H28N6O5/c1-14-16(5-6-17(24-14)25-20(30)27-19(29)22(2,3)4)33-15-7-8-23-18(13-15)26-21(31)28-9-11-32-12-10-28/h5-8,13H,9-12H2,1-4H3,(H,23,26,31)(H2,24,25,27,29,30). The molecule has 3 N–H and O–H groups in total. The Morgan fingerprint density at radius 1 is 1.06 bits per heavy atom. The minimum Gasteiger partial charge on any atom is -0.455 e. The molecule has 0 aromatic carbocycles. The third-order valence-electron chi connectivity index (χ3n) is 4.68. The van der Waals surface area contributed by atoms with Gasteiger partial charge in [0.15, 0.2) is 0 Å². The molecule has 0 saturated carbocycles. The van der Waals surface area contributed by atoms with E-state index in [4.69, 9.17) is 9.47 Å². The van der Waals surface area contributed by atoms with Gasteiger partial charge in [0.25, 0.3) is 0 Å². The van der Waals surface area contributed by atoms with E-state index in [1.165, 1.54) is 6.20 Å². The normalized spacial score (nSPS) is 13.8. The smallest absolute Gasteiger partial charge is 0.327 e. The topological polar surface area (TPSA) is 135 Å². The molecular weight excluding hydrogens is 428 g/mol. The number of morpholine rings is 1. The summed E-state index contributed by atoms with van der Waals surface area (Å²) >= 11 is 0. The second-order valence-electron chi connectivity index (χ2n) is 8.45. The van der Waals surface area contributed by atoms with Gasteiger partial charge in [-0.25, -0.2) is 19.6 Å². The molecule has 1 aliphatic rings. The zero-order chi connectivity index (χ0) is 24.0. The van der Waals surface area contributed by atoms with Gasteiger partial charge in [-0.2, -0.15) is 0 Å². The van der Waals surface area contributed by atoms with Gasteiger partial charge in [0, 0.05) is 30.8 Å². The van der Waals surface area contributed by atoms with E-state index in [1.807, 2.05) is 0 Å². The second-order valence-corrected chi connectivity index (χ2v) is 8.45. The first kappa shape index (κ1) is 23.9. The summed E-state index contributed by atoms with van der Waals surface area (Å²) in [6, 6.07) is 5.56. The zero-order valence-corrected chi connectivity index (χ0v) is 19.1. The average Bonchev–Trinajstić information content (AvgIpc) is 2.76. The highest BCUT2D eigenvalue weighted by Gasteiger charge is 2.23. The summed E-state index contributed by atoms with van der Waals surface area (Å²) in [5.74, 6) is 1.15. The Kier molecular flexibility index (Phi) is 7.44. The van der Waals surface area contributed by atoms with Crippen molar-refractivity contribution in [2.24, 2.45) is 5.41 Å². The van der Waals surface area contributed by atoms with Gasteiger partial charge in [0.2, 0.25) is 5.91 Å². The Hall–Kier alpha value is -3.73. The third-order valence-corrected chi connectivity index (χ3v) is 4.68. The van der Waals surface area contributed by atoms with Crippen molar-refractivity contribution in [3.05, 3.63) is 36.2 Å². The lowest BCUT2D eigenvalue weighted by atomic mass is 9.96. The Labute approximate surface area is 191 Å². The lowest BCUT2D eigenvalue weighted by Crippen LogP contribution is -2.43. The Morgan fingerprint density at radius 2 is 1.79 bits per heavy atom. The first-order valence-corrected chi connectivity index (χ1v) is 10.5. The van der Waals surface area contributed by atoms with Crippen molar-refractivity contribution in [2.75, 3.05) is 36.9 Å². The molecule has 2 aromatic rings. The van der Waals surface area contributed by atoms with Crippen LogP contribution in [0.5, 0.6) is 11.5 Å². The zero-order valence-electron chi connectivity index (χ0n) is 19.1. The van der Waals surface area contributed by atoms with Crippen molar-refractivity contribution in [3.8, 4) is 11.5 Å². The lowest BCUT2D eigenvalue weighted by molar-refractivity contribution is -0.127. The minimum atomic E-state index is -0.691. The van der Waals surface area contributed by atoms with E-state index >= 15 is 0 Å². The highest BCUT2D eigenvalue weighted by Crippen LogP contribution is 2.26. The first-order chi connectivity index (χ1) is 15.6. The Morgan fingerprint density at radius 3 is 2.45 bits per heavy atom. The van der Waals surface area contributed by atoms with Crippen LogP contribution in [0.3, 0.4) is 0 Å². The molecule has 0 aliphatic carbocycles. The number of carbonyl (C=O) groups excluding carboxylic acids is 3. The third kappa shape index (κ3) is 6.88. The van der Waals surface area contributed by atoms with Gasteiger partial charge in [-0.3, -0.25) is 20.7 Å². The van der Waals surface area contributed by atoms with E-state index in [9.17, 15) is 14.4 Å². The van der Waals surface area contributed by atoms with Crippen LogP contribution in [0.25, 0.3) is 0 Å². The summed E-state index contributed by atoms with van der Waals surface area (Å²) in [4.78, 5) is 46.4. The number of pyridine rings is 2. The molecule has 1 aliphatic heterocycles. The van der Waals surface area contributed by atoms with E-state index in [-0.39, 0.29) is 11.8 Å². The van der Waals surface area contributed by atoms with Crippen LogP contribution in [-0.4, -0.2) is 59.1 Å². The fourth-order valence-corrected chi connectivity index (χ4v) is 2.79. The summed E-state index contributed by atoms with van der Waals surface area (Å²) in [6.45, 7) is 8.92. The largest absolute Gasteiger partial charge is 0.455 e. The summed E-state index contributed by atoms with van der Waals surface area (Å²) < 4.78 is 11.1. The first-order valence-electron chi connectivity index (χ1n) is 10.5. The minimum absolute atomic E-state index is 0.251. The van der Waals surface area contributed by atoms with Gasteiger partial charge in [-0.15, -0.1) is 0 Å². The molecule has 0 spiro atoms. The van der Waals surface area contributed by atoms with Crippen molar-refractivity contribution in [1.29, 1.82) is 0 Å². The van der Waals surface area contributed by atoms with E-state index in [1.54, 1.807) is 56.9 Å². The molecular formula is C22H28N6O5. The van der Waals surface area contributed by atoms with Crippen LogP contribution in [0.1, 0.15) is 26.5 Å². The van der Waals surface area contributed by atoms with Gasteiger partial charge in [-0.05, 0) is 25.1 Å². The number of aromatic nitrogens is 2. The van der Waals surface area contributed by atoms with Crippen molar-refractivity contribution in [1.82, 2.24) is 20.2 Å². The Bertz CT molecular complexity index is 1030. The maximum Gasteiger partial charge on any atom is 0.327 e. The molecule has 1 saturated heterocycles. The molecule has 3 heterocycles. The number of urea groups is 2. The number of imide groups is 1. The highest BCUT2D eigenvalue weighted by atomic mass is 16.5. The van der Waals surface area contributed by atoms with Gasteiger partial charge >= 0.3 is 12.1 Å². The quantitative estimate of drug-likeness (QED) is 0.643. The average molecular weight is 457 g/mol. The number of carbonyl (C=O) groups is 3. The molecule has 1 fully saturated rings. The number of aryl methyl sites for hydroxylation is 1. The fourth-order valence-electron chi connectivity index (χ4n) is 2.79. The molecule has 5 amide bonds. The number of amides is 5. The number of anilines is 2. The van der Waals surface area contributed by atoms with Crippen LogP contribution in [0, 0.1) is 12.3 Å². The highest BCUT2D eigenvalue weighted by molar-refractivity contribution is 6.02. The van der Waals surface area contributed by atoms with Crippen LogP contribution in [0.2, 0.25) is 0 Å². The Balaban J connectivity index is 1.60. The number of hydrogen-bond acceptors (Lipinski definition) is 7. The fraction of sp³-hybridized carbons (Fsp3) is 0.409. The molecule has 11 nitrogen and oxygen atoms in total. The molecule has 2 aromatic heterocycles. The maximum atomic E-state index is 12.3. The molecule has 176 valence electrons. The second kappa shape index (κ2) is 10.3. The molecule has 0 bridgehead atoms. The number of nitrogens with one attached hydrogen (secondary N) is 3. The van der Waals surface area contributed by atoms with E-state index in [2.05, 4.69) is 25.9 Å². The summed E-state index contributed by atoms with van der Waals surface area (Å²) in [5.41, 5.74) is -0.172. The van der Waals surface area contributed by atoms with Gasteiger partial charge < -0.3 is 14.4 Å². The molecule has 0 radical (unpaired) electrons. The monoisotopic (exact) mass is 456 g/mol. The van der Waals surface area contributed by atoms with Crippen molar-refractivity contribution in [2.45, 2.75) is 27.7 Å². The number of nitrogens with zero attached hydrogens (tertiary/aromatic N) is 3. The molecule has 11 heteroatoms. The number of ether oxygens (including phenoxy) is 2. The van der Waals surface area contributed by atoms with Crippen LogP contribution in [0.4, 0.5) is 21.2 Å². The lowest BCUT2D eigenvalue weighted by Gasteiger charge is -2.26. The summed E-state index contributed by atoms with van der Waals surface area (Å²) in [5, 5.41) is 7.56.